The van der Waals surface area contributed by atoms with Crippen molar-refractivity contribution in [1.82, 2.24) is 25.7 Å². The number of benzene rings is 1. The van der Waals surface area contributed by atoms with Crippen LogP contribution in [0.4, 0.5) is 13.6 Å². The van der Waals surface area contributed by atoms with E-state index in [1.54, 1.807) is 37.3 Å². The monoisotopic (exact) mass is 535 g/mol. The number of Topliss-reactive ketones (excluding diaryl/α,β-unsaturated/α-hetero) is 1. The van der Waals surface area contributed by atoms with Crippen molar-refractivity contribution in [3.63, 3.8) is 0 Å². The van der Waals surface area contributed by atoms with Crippen LogP contribution < -0.4 is 10.6 Å². The van der Waals surface area contributed by atoms with Crippen molar-refractivity contribution < 1.29 is 32.4 Å². The Morgan fingerprint density at radius 1 is 1.05 bits per heavy atom. The summed E-state index contributed by atoms with van der Waals surface area (Å²) in [5.74, 6) is -4.81. The number of halogens is 2. The smallest absolute Gasteiger partial charge is 0.318 e. The first-order valence-corrected chi connectivity index (χ1v) is 12.6. The van der Waals surface area contributed by atoms with Crippen molar-refractivity contribution in [2.24, 2.45) is 0 Å². The molecule has 0 radical (unpaired) electrons. The molecule has 0 aliphatic carbocycles. The highest BCUT2D eigenvalue weighted by atomic mass is 19.3. The van der Waals surface area contributed by atoms with Crippen molar-refractivity contribution >= 4 is 17.7 Å². The van der Waals surface area contributed by atoms with Gasteiger partial charge in [-0.3, -0.25) is 9.59 Å². The standard InChI is InChI=1S/C26H35F2N5O5/c1-5-18(20(34)21-31-23(38-32-21)25(2,3)4)29-22(35)19(30-24(36)33-11-13-37-14-12-33)16-26(27,28)15-17-9-7-6-8-10-17/h6-10,18-19H,5,11-16H2,1-4H3,(H,29,35)(H,30,36)/t18?,19-/m0/s1. The number of carbonyl (C=O) groups excluding carboxylic acids is 3. The number of rotatable bonds is 10. The first-order valence-electron chi connectivity index (χ1n) is 12.6. The summed E-state index contributed by atoms with van der Waals surface area (Å²) in [7, 11) is 0. The van der Waals surface area contributed by atoms with Gasteiger partial charge >= 0.3 is 6.03 Å². The molecule has 0 saturated carbocycles. The highest BCUT2D eigenvalue weighted by Crippen LogP contribution is 2.26. The van der Waals surface area contributed by atoms with E-state index < -0.39 is 54.0 Å². The molecule has 0 spiro atoms. The number of nitrogens with one attached hydrogen (secondary N) is 2. The summed E-state index contributed by atoms with van der Waals surface area (Å²) in [4.78, 5) is 44.6. The second-order valence-electron chi connectivity index (χ2n) is 10.3. The van der Waals surface area contributed by atoms with Crippen molar-refractivity contribution in [3.8, 4) is 0 Å². The summed E-state index contributed by atoms with van der Waals surface area (Å²) in [6.07, 6.45) is -1.42. The lowest BCUT2D eigenvalue weighted by Crippen LogP contribution is -2.57. The minimum atomic E-state index is -3.32. The van der Waals surface area contributed by atoms with Crippen LogP contribution in [0.3, 0.4) is 0 Å². The van der Waals surface area contributed by atoms with Gasteiger partial charge in [0.2, 0.25) is 23.4 Å². The summed E-state index contributed by atoms with van der Waals surface area (Å²) >= 11 is 0. The number of alkyl halides is 2. The van der Waals surface area contributed by atoms with Crippen LogP contribution in [0.1, 0.15) is 62.6 Å². The Labute approximate surface area is 220 Å². The molecule has 208 valence electrons. The normalized spacial score (nSPS) is 16.0. The summed E-state index contributed by atoms with van der Waals surface area (Å²) < 4.78 is 40.6. The number of hydrogen-bond acceptors (Lipinski definition) is 7. The van der Waals surface area contributed by atoms with E-state index in [2.05, 4.69) is 20.8 Å². The molecule has 0 bridgehead atoms. The number of urea groups is 1. The van der Waals surface area contributed by atoms with Gasteiger partial charge in [0.1, 0.15) is 6.04 Å². The first-order chi connectivity index (χ1) is 17.9. The average molecular weight is 536 g/mol. The molecule has 10 nitrogen and oxygen atoms in total. The van der Waals surface area contributed by atoms with E-state index in [1.165, 1.54) is 4.90 Å². The van der Waals surface area contributed by atoms with Gasteiger partial charge in [-0.25, -0.2) is 13.6 Å². The van der Waals surface area contributed by atoms with Gasteiger partial charge in [0.25, 0.3) is 5.92 Å². The molecule has 3 rings (SSSR count). The number of hydrogen-bond donors (Lipinski definition) is 2. The van der Waals surface area contributed by atoms with Crippen LogP contribution in [0, 0.1) is 0 Å². The zero-order chi connectivity index (χ0) is 27.9. The molecule has 1 fully saturated rings. The Hall–Kier alpha value is -3.41. The lowest BCUT2D eigenvalue weighted by atomic mass is 9.97. The van der Waals surface area contributed by atoms with E-state index >= 15 is 8.78 Å². The van der Waals surface area contributed by atoms with Gasteiger partial charge in [-0.2, -0.15) is 4.98 Å². The van der Waals surface area contributed by atoms with Crippen LogP contribution in [0.5, 0.6) is 0 Å². The molecule has 2 atom stereocenters. The second-order valence-corrected chi connectivity index (χ2v) is 10.3. The molecule has 38 heavy (non-hydrogen) atoms. The molecular weight excluding hydrogens is 500 g/mol. The Morgan fingerprint density at radius 2 is 1.71 bits per heavy atom. The number of nitrogens with zero attached hydrogens (tertiary/aromatic N) is 3. The molecule has 2 heterocycles. The largest absolute Gasteiger partial charge is 0.378 e. The molecule has 1 aliphatic rings. The summed E-state index contributed by atoms with van der Waals surface area (Å²) in [5, 5.41) is 8.67. The number of ketones is 1. The predicted octanol–water partition coefficient (Wildman–Crippen LogP) is 3.12. The zero-order valence-electron chi connectivity index (χ0n) is 22.1. The minimum Gasteiger partial charge on any atom is -0.378 e. The molecule has 1 saturated heterocycles. The predicted molar refractivity (Wildman–Crippen MR) is 134 cm³/mol. The van der Waals surface area contributed by atoms with Crippen molar-refractivity contribution in [1.29, 1.82) is 0 Å². The third-order valence-corrected chi connectivity index (χ3v) is 6.05. The summed E-state index contributed by atoms with van der Waals surface area (Å²) in [6.45, 7) is 8.32. The minimum absolute atomic E-state index is 0.147. The van der Waals surface area contributed by atoms with Gasteiger partial charge < -0.3 is 24.8 Å². The van der Waals surface area contributed by atoms with E-state index in [0.717, 1.165) is 0 Å². The fourth-order valence-corrected chi connectivity index (χ4v) is 3.89. The number of ether oxygens (including phenoxy) is 1. The second kappa shape index (κ2) is 12.4. The summed E-state index contributed by atoms with van der Waals surface area (Å²) in [5.41, 5.74) is -0.0973. The molecule has 1 aliphatic heterocycles. The Kier molecular flexibility index (Phi) is 9.53. The van der Waals surface area contributed by atoms with Gasteiger partial charge in [0.15, 0.2) is 0 Å². The molecular formula is C26H35F2N5O5. The fraction of sp³-hybridized carbons (Fsp3) is 0.577. The topological polar surface area (TPSA) is 127 Å². The SMILES string of the molecule is CCC(NC(=O)[C@H](CC(F)(F)Cc1ccccc1)NC(=O)N1CCOCC1)C(=O)c1noc(C(C)(C)C)n1. The number of carbonyl (C=O) groups is 3. The van der Waals surface area contributed by atoms with Crippen molar-refractivity contribution in [3.05, 3.63) is 47.6 Å². The quantitative estimate of drug-likeness (QED) is 0.448. The lowest BCUT2D eigenvalue weighted by Gasteiger charge is -2.30. The molecule has 3 amide bonds. The third-order valence-electron chi connectivity index (χ3n) is 6.05. The van der Waals surface area contributed by atoms with Gasteiger partial charge in [0.05, 0.1) is 19.3 Å². The molecule has 1 aromatic heterocycles. The molecule has 2 aromatic rings. The Balaban J connectivity index is 1.76. The number of morpholine rings is 1. The first kappa shape index (κ1) is 29.2. The molecule has 12 heteroatoms. The van der Waals surface area contributed by atoms with E-state index in [4.69, 9.17) is 9.26 Å². The Morgan fingerprint density at radius 3 is 2.29 bits per heavy atom. The van der Waals surface area contributed by atoms with Crippen LogP contribution in [0.15, 0.2) is 34.9 Å². The maximum absolute atomic E-state index is 15.1. The lowest BCUT2D eigenvalue weighted by molar-refractivity contribution is -0.126. The highest BCUT2D eigenvalue weighted by molar-refractivity contribution is 6.00. The summed E-state index contributed by atoms with van der Waals surface area (Å²) in [6, 6.07) is 4.80. The van der Waals surface area contributed by atoms with E-state index in [-0.39, 0.29) is 31.2 Å². The van der Waals surface area contributed by atoms with Crippen LogP contribution in [0.25, 0.3) is 0 Å². The van der Waals surface area contributed by atoms with Crippen molar-refractivity contribution in [2.75, 3.05) is 26.3 Å². The maximum Gasteiger partial charge on any atom is 0.318 e. The fourth-order valence-electron chi connectivity index (χ4n) is 3.89. The van der Waals surface area contributed by atoms with E-state index in [1.807, 2.05) is 20.8 Å². The van der Waals surface area contributed by atoms with Crippen molar-refractivity contribution in [2.45, 2.75) is 70.4 Å². The van der Waals surface area contributed by atoms with Crippen LogP contribution in [0.2, 0.25) is 0 Å². The van der Waals surface area contributed by atoms with Crippen LogP contribution >= 0.6 is 0 Å². The van der Waals surface area contributed by atoms with Crippen LogP contribution in [-0.4, -0.2) is 77.1 Å². The van der Waals surface area contributed by atoms with Crippen LogP contribution in [-0.2, 0) is 21.4 Å². The molecule has 2 N–H and O–H groups in total. The van der Waals surface area contributed by atoms with E-state index in [9.17, 15) is 14.4 Å². The molecule has 1 aromatic carbocycles. The van der Waals surface area contributed by atoms with E-state index in [0.29, 0.717) is 18.8 Å². The maximum atomic E-state index is 15.1. The number of aromatic nitrogens is 2. The number of amides is 3. The third kappa shape index (κ3) is 8.04. The molecule has 1 unspecified atom stereocenters. The van der Waals surface area contributed by atoms with Gasteiger partial charge in [-0.05, 0) is 12.0 Å². The van der Waals surface area contributed by atoms with Gasteiger partial charge in [0, 0.05) is 31.3 Å². The zero-order valence-corrected chi connectivity index (χ0v) is 22.1. The Bertz CT molecular complexity index is 1100. The highest BCUT2D eigenvalue weighted by Gasteiger charge is 2.39. The average Bonchev–Trinajstić information content (AvgIpc) is 3.38. The van der Waals surface area contributed by atoms with Gasteiger partial charge in [-0.1, -0.05) is 63.2 Å². The van der Waals surface area contributed by atoms with Gasteiger partial charge in [-0.15, -0.1) is 0 Å².